The van der Waals surface area contributed by atoms with Crippen LogP contribution in [0.5, 0.6) is 0 Å². The average molecular weight is 289 g/mol. The van der Waals surface area contributed by atoms with Gasteiger partial charge in [-0.15, -0.1) is 11.3 Å². The highest BCUT2D eigenvalue weighted by molar-refractivity contribution is 14.1. The van der Waals surface area contributed by atoms with Crippen molar-refractivity contribution in [1.29, 1.82) is 0 Å². The van der Waals surface area contributed by atoms with E-state index >= 15 is 0 Å². The Kier molecular flexibility index (Phi) is 2.00. The van der Waals surface area contributed by atoms with Crippen LogP contribution in [0.1, 0.15) is 5.56 Å². The summed E-state index contributed by atoms with van der Waals surface area (Å²) in [6, 6.07) is 4.30. The first kappa shape index (κ1) is 8.31. The van der Waals surface area contributed by atoms with Crippen LogP contribution < -0.4 is 5.73 Å². The smallest absolute Gasteiger partial charge is 0.0633 e. The van der Waals surface area contributed by atoms with Gasteiger partial charge in [-0.05, 0) is 58.0 Å². The lowest BCUT2D eigenvalue weighted by molar-refractivity contribution is 1.47. The molecule has 62 valence electrons. The number of benzene rings is 1. The molecule has 0 amide bonds. The van der Waals surface area contributed by atoms with Gasteiger partial charge in [-0.25, -0.2) is 0 Å². The van der Waals surface area contributed by atoms with Gasteiger partial charge in [0.15, 0.2) is 0 Å². The quantitative estimate of drug-likeness (QED) is 0.584. The maximum Gasteiger partial charge on any atom is 0.0633 e. The van der Waals surface area contributed by atoms with E-state index in [2.05, 4.69) is 47.0 Å². The van der Waals surface area contributed by atoms with E-state index in [0.717, 1.165) is 5.69 Å². The van der Waals surface area contributed by atoms with Crippen molar-refractivity contribution in [2.24, 2.45) is 0 Å². The molecule has 0 aliphatic rings. The maximum atomic E-state index is 5.97. The van der Waals surface area contributed by atoms with Crippen LogP contribution in [0.25, 0.3) is 10.1 Å². The highest BCUT2D eigenvalue weighted by Crippen LogP contribution is 2.32. The Balaban J connectivity index is 2.94. The number of nitrogen functional groups attached to an aromatic ring is 1. The van der Waals surface area contributed by atoms with Gasteiger partial charge in [0.2, 0.25) is 0 Å². The third kappa shape index (κ3) is 1.11. The van der Waals surface area contributed by atoms with Crippen molar-refractivity contribution in [3.8, 4) is 0 Å². The summed E-state index contributed by atoms with van der Waals surface area (Å²) in [5, 5.41) is 3.34. The Morgan fingerprint density at radius 2 is 2.25 bits per heavy atom. The summed E-state index contributed by atoms with van der Waals surface area (Å²) < 4.78 is 2.40. The van der Waals surface area contributed by atoms with Crippen molar-refractivity contribution in [3.05, 3.63) is 26.6 Å². The van der Waals surface area contributed by atoms with Crippen molar-refractivity contribution in [2.45, 2.75) is 6.92 Å². The summed E-state index contributed by atoms with van der Waals surface area (Å²) in [5.41, 5.74) is 8.16. The van der Waals surface area contributed by atoms with E-state index in [1.165, 1.54) is 19.2 Å². The number of rotatable bonds is 0. The average Bonchev–Trinajstić information content (AvgIpc) is 2.48. The van der Waals surface area contributed by atoms with Crippen molar-refractivity contribution in [3.63, 3.8) is 0 Å². The normalized spacial score (nSPS) is 10.8. The number of anilines is 1. The maximum absolute atomic E-state index is 5.97. The molecule has 0 spiro atoms. The Bertz CT molecular complexity index is 433. The minimum Gasteiger partial charge on any atom is -0.397 e. The van der Waals surface area contributed by atoms with E-state index in [-0.39, 0.29) is 0 Å². The van der Waals surface area contributed by atoms with Gasteiger partial charge in [-0.1, -0.05) is 0 Å². The Hall–Kier alpha value is -0.290. The fourth-order valence-corrected chi connectivity index (χ4v) is 2.71. The number of nitrogens with two attached hydrogens (primary N) is 1. The number of fused-ring (bicyclic) bond motifs is 1. The molecule has 0 unspecified atom stereocenters. The van der Waals surface area contributed by atoms with Crippen LogP contribution in [0.3, 0.4) is 0 Å². The van der Waals surface area contributed by atoms with E-state index in [1.807, 2.05) is 0 Å². The number of halogens is 1. The molecule has 1 heterocycles. The second kappa shape index (κ2) is 2.88. The zero-order chi connectivity index (χ0) is 8.72. The standard InChI is InChI=1S/C9H8INS/c1-5-4-6-2-3-12-9(6)8(11)7(5)10/h2-4H,11H2,1H3. The SMILES string of the molecule is Cc1cc2ccsc2c(N)c1I. The van der Waals surface area contributed by atoms with Gasteiger partial charge in [-0.3, -0.25) is 0 Å². The summed E-state index contributed by atoms with van der Waals surface area (Å²) >= 11 is 4.00. The molecule has 2 rings (SSSR count). The second-order valence-electron chi connectivity index (χ2n) is 2.76. The molecule has 0 atom stereocenters. The summed E-state index contributed by atoms with van der Waals surface area (Å²) in [4.78, 5) is 0. The van der Waals surface area contributed by atoms with Crippen LogP contribution in [0.15, 0.2) is 17.5 Å². The molecule has 3 heteroatoms. The molecule has 1 aromatic heterocycles. The van der Waals surface area contributed by atoms with E-state index in [9.17, 15) is 0 Å². The zero-order valence-electron chi connectivity index (χ0n) is 6.60. The van der Waals surface area contributed by atoms with E-state index in [0.29, 0.717) is 0 Å². The molecule has 2 aromatic rings. The first-order chi connectivity index (χ1) is 5.70. The topological polar surface area (TPSA) is 26.0 Å². The fraction of sp³-hybridized carbons (Fsp3) is 0.111. The highest BCUT2D eigenvalue weighted by atomic mass is 127. The molecule has 0 aliphatic heterocycles. The van der Waals surface area contributed by atoms with Crippen molar-refractivity contribution >= 4 is 49.7 Å². The first-order valence-corrected chi connectivity index (χ1v) is 5.58. The molecule has 0 fully saturated rings. The van der Waals surface area contributed by atoms with Gasteiger partial charge >= 0.3 is 0 Å². The summed E-state index contributed by atoms with van der Waals surface area (Å²) in [7, 11) is 0. The minimum absolute atomic E-state index is 0.931. The molecular weight excluding hydrogens is 281 g/mol. The third-order valence-electron chi connectivity index (χ3n) is 1.89. The second-order valence-corrected chi connectivity index (χ2v) is 4.75. The molecule has 1 nitrogen and oxygen atoms in total. The molecular formula is C9H8INS. The van der Waals surface area contributed by atoms with E-state index in [4.69, 9.17) is 5.73 Å². The van der Waals surface area contributed by atoms with Gasteiger partial charge in [0.1, 0.15) is 0 Å². The van der Waals surface area contributed by atoms with Gasteiger partial charge < -0.3 is 5.73 Å². The molecule has 0 radical (unpaired) electrons. The van der Waals surface area contributed by atoms with Crippen LogP contribution in [0.4, 0.5) is 5.69 Å². The third-order valence-corrected chi connectivity index (χ3v) is 4.29. The first-order valence-electron chi connectivity index (χ1n) is 3.62. The zero-order valence-corrected chi connectivity index (χ0v) is 9.57. The van der Waals surface area contributed by atoms with Gasteiger partial charge in [0, 0.05) is 3.57 Å². The molecule has 12 heavy (non-hydrogen) atoms. The lowest BCUT2D eigenvalue weighted by atomic mass is 10.1. The van der Waals surface area contributed by atoms with Crippen LogP contribution in [0.2, 0.25) is 0 Å². The van der Waals surface area contributed by atoms with E-state index < -0.39 is 0 Å². The van der Waals surface area contributed by atoms with Gasteiger partial charge in [0.25, 0.3) is 0 Å². The fourth-order valence-electron chi connectivity index (χ4n) is 1.26. The van der Waals surface area contributed by atoms with Crippen LogP contribution in [0, 0.1) is 10.5 Å². The number of aryl methyl sites for hydroxylation is 1. The van der Waals surface area contributed by atoms with Gasteiger partial charge in [-0.2, -0.15) is 0 Å². The Morgan fingerprint density at radius 1 is 1.50 bits per heavy atom. The number of hydrogen-bond donors (Lipinski definition) is 1. The lowest BCUT2D eigenvalue weighted by Crippen LogP contribution is -1.91. The summed E-state index contributed by atoms with van der Waals surface area (Å²) in [6.45, 7) is 2.09. The lowest BCUT2D eigenvalue weighted by Gasteiger charge is -2.03. The van der Waals surface area contributed by atoms with Crippen LogP contribution >= 0.6 is 33.9 Å². The Morgan fingerprint density at radius 3 is 3.00 bits per heavy atom. The summed E-state index contributed by atoms with van der Waals surface area (Å²) in [5.74, 6) is 0. The molecule has 0 saturated carbocycles. The molecule has 0 saturated heterocycles. The predicted molar refractivity (Wildman–Crippen MR) is 63.7 cm³/mol. The van der Waals surface area contributed by atoms with Crippen molar-refractivity contribution in [1.82, 2.24) is 0 Å². The number of hydrogen-bond acceptors (Lipinski definition) is 2. The van der Waals surface area contributed by atoms with Crippen molar-refractivity contribution in [2.75, 3.05) is 5.73 Å². The highest BCUT2D eigenvalue weighted by Gasteiger charge is 2.05. The summed E-state index contributed by atoms with van der Waals surface area (Å²) in [6.07, 6.45) is 0. The molecule has 2 N–H and O–H groups in total. The number of thiophene rings is 1. The predicted octanol–water partition coefficient (Wildman–Crippen LogP) is 3.40. The van der Waals surface area contributed by atoms with Crippen molar-refractivity contribution < 1.29 is 0 Å². The largest absolute Gasteiger partial charge is 0.397 e. The molecule has 0 bridgehead atoms. The van der Waals surface area contributed by atoms with Crippen LogP contribution in [-0.2, 0) is 0 Å². The molecule has 0 aliphatic carbocycles. The Labute approximate surface area is 88.7 Å². The minimum atomic E-state index is 0.931. The monoisotopic (exact) mass is 289 g/mol. The molecule has 1 aromatic carbocycles. The van der Waals surface area contributed by atoms with Gasteiger partial charge in [0.05, 0.1) is 10.4 Å². The van der Waals surface area contributed by atoms with Crippen LogP contribution in [-0.4, -0.2) is 0 Å². The van der Waals surface area contributed by atoms with E-state index in [1.54, 1.807) is 11.3 Å².